The van der Waals surface area contributed by atoms with Crippen molar-refractivity contribution in [3.63, 3.8) is 0 Å². The second-order valence-corrected chi connectivity index (χ2v) is 5.97. The molecular weight excluding hydrogens is 314 g/mol. The summed E-state index contributed by atoms with van der Waals surface area (Å²) in [6, 6.07) is 9.72. The van der Waals surface area contributed by atoms with Crippen LogP contribution in [0.3, 0.4) is 0 Å². The normalized spacial score (nSPS) is 14.0. The Balaban J connectivity index is 1.75. The number of hydrogen-bond acceptors (Lipinski definition) is 5. The number of halogens is 1. The van der Waals surface area contributed by atoms with Crippen LogP contribution in [0.5, 0.6) is 0 Å². The average Bonchev–Trinajstić information content (AvgIpc) is 3.26. The zero-order valence-electron chi connectivity index (χ0n) is 12.2. The van der Waals surface area contributed by atoms with Crippen LogP contribution >= 0.6 is 11.6 Å². The number of carbonyl (C=O) groups is 1. The molecule has 4 rings (SSSR count). The van der Waals surface area contributed by atoms with Gasteiger partial charge in [0.2, 0.25) is 0 Å². The second kappa shape index (κ2) is 5.55. The molecule has 3 aromatic rings. The number of anilines is 3. The highest BCUT2D eigenvalue weighted by Gasteiger charge is 2.23. The van der Waals surface area contributed by atoms with Gasteiger partial charge in [-0.3, -0.25) is 4.79 Å². The molecule has 116 valence electrons. The number of nitrogens with zero attached hydrogens (tertiary/aromatic N) is 3. The van der Waals surface area contributed by atoms with Crippen molar-refractivity contribution in [2.45, 2.75) is 18.9 Å². The van der Waals surface area contributed by atoms with E-state index in [0.29, 0.717) is 28.1 Å². The molecule has 1 fully saturated rings. The summed E-state index contributed by atoms with van der Waals surface area (Å²) in [4.78, 5) is 15.7. The maximum atomic E-state index is 11.2. The first-order valence-electron chi connectivity index (χ1n) is 7.36. The Bertz CT molecular complexity index is 870. The fourth-order valence-corrected chi connectivity index (χ4v) is 2.47. The van der Waals surface area contributed by atoms with E-state index in [1.165, 1.54) is 6.20 Å². The molecule has 2 aromatic heterocycles. The quantitative estimate of drug-likeness (QED) is 0.702. The standard InChI is InChI=1S/C16H14ClN5O/c17-11-1-3-12(4-2-11)19-14-7-15(20-13-5-6-13)22-16(21-14)10(9-23)8-18-22/h1-4,7-9,13,20H,5-6H2,(H,19,21). The highest BCUT2D eigenvalue weighted by atomic mass is 35.5. The van der Waals surface area contributed by atoms with Crippen molar-refractivity contribution in [3.05, 3.63) is 47.1 Å². The lowest BCUT2D eigenvalue weighted by molar-refractivity contribution is 0.112. The molecule has 0 atom stereocenters. The van der Waals surface area contributed by atoms with Gasteiger partial charge in [-0.25, -0.2) is 4.98 Å². The molecule has 1 aliphatic rings. The Morgan fingerprint density at radius 1 is 1.26 bits per heavy atom. The largest absolute Gasteiger partial charge is 0.367 e. The first-order valence-corrected chi connectivity index (χ1v) is 7.74. The Labute approximate surface area is 137 Å². The molecule has 0 radical (unpaired) electrons. The minimum absolute atomic E-state index is 0.462. The van der Waals surface area contributed by atoms with Gasteiger partial charge in [-0.2, -0.15) is 9.61 Å². The molecular formula is C16H14ClN5O. The van der Waals surface area contributed by atoms with E-state index in [9.17, 15) is 4.79 Å². The number of benzene rings is 1. The lowest BCUT2D eigenvalue weighted by atomic mass is 10.3. The van der Waals surface area contributed by atoms with Gasteiger partial charge in [0.15, 0.2) is 11.9 Å². The number of aldehydes is 1. The molecule has 0 bridgehead atoms. The summed E-state index contributed by atoms with van der Waals surface area (Å²) in [6.07, 6.45) is 4.58. The van der Waals surface area contributed by atoms with Crippen molar-refractivity contribution in [1.82, 2.24) is 14.6 Å². The minimum Gasteiger partial charge on any atom is -0.367 e. The third-order valence-corrected chi connectivity index (χ3v) is 3.92. The molecule has 6 nitrogen and oxygen atoms in total. The summed E-state index contributed by atoms with van der Waals surface area (Å²) in [5.41, 5.74) is 1.86. The van der Waals surface area contributed by atoms with Crippen LogP contribution in [-0.2, 0) is 0 Å². The third-order valence-electron chi connectivity index (χ3n) is 3.67. The molecule has 0 unspecified atom stereocenters. The molecule has 1 aliphatic carbocycles. The third kappa shape index (κ3) is 2.85. The molecule has 2 N–H and O–H groups in total. The van der Waals surface area contributed by atoms with Crippen LogP contribution in [0.15, 0.2) is 36.5 Å². The van der Waals surface area contributed by atoms with Gasteiger partial charge in [0.1, 0.15) is 11.6 Å². The molecule has 1 saturated carbocycles. The summed E-state index contributed by atoms with van der Waals surface area (Å²) >= 11 is 5.90. The topological polar surface area (TPSA) is 71.3 Å². The number of fused-ring (bicyclic) bond motifs is 1. The maximum absolute atomic E-state index is 11.2. The molecule has 7 heteroatoms. The lowest BCUT2D eigenvalue weighted by Gasteiger charge is -2.11. The predicted molar refractivity (Wildman–Crippen MR) is 89.8 cm³/mol. The average molecular weight is 328 g/mol. The van der Waals surface area contributed by atoms with Crippen LogP contribution in [0.1, 0.15) is 23.2 Å². The zero-order valence-corrected chi connectivity index (χ0v) is 12.9. The van der Waals surface area contributed by atoms with Crippen molar-refractivity contribution in [3.8, 4) is 0 Å². The van der Waals surface area contributed by atoms with E-state index in [4.69, 9.17) is 11.6 Å². The number of hydrogen-bond donors (Lipinski definition) is 2. The second-order valence-electron chi connectivity index (χ2n) is 5.53. The first-order chi connectivity index (χ1) is 11.2. The van der Waals surface area contributed by atoms with Gasteiger partial charge in [-0.1, -0.05) is 11.6 Å². The van der Waals surface area contributed by atoms with E-state index < -0.39 is 0 Å². The van der Waals surface area contributed by atoms with Crippen molar-refractivity contribution in [2.75, 3.05) is 10.6 Å². The van der Waals surface area contributed by atoms with E-state index in [-0.39, 0.29) is 0 Å². The van der Waals surface area contributed by atoms with Gasteiger partial charge in [-0.05, 0) is 37.1 Å². The van der Waals surface area contributed by atoms with E-state index >= 15 is 0 Å². The van der Waals surface area contributed by atoms with Crippen LogP contribution < -0.4 is 10.6 Å². The van der Waals surface area contributed by atoms with Gasteiger partial charge in [-0.15, -0.1) is 0 Å². The number of nitrogens with one attached hydrogen (secondary N) is 2. The van der Waals surface area contributed by atoms with E-state index in [0.717, 1.165) is 30.6 Å². The molecule has 23 heavy (non-hydrogen) atoms. The van der Waals surface area contributed by atoms with Crippen molar-refractivity contribution in [2.24, 2.45) is 0 Å². The molecule has 0 spiro atoms. The van der Waals surface area contributed by atoms with Crippen molar-refractivity contribution >= 4 is 40.9 Å². The van der Waals surface area contributed by atoms with Crippen molar-refractivity contribution in [1.29, 1.82) is 0 Å². The van der Waals surface area contributed by atoms with Crippen LogP contribution in [0.4, 0.5) is 17.3 Å². The summed E-state index contributed by atoms with van der Waals surface area (Å²) in [7, 11) is 0. The predicted octanol–water partition coefficient (Wildman–Crippen LogP) is 3.51. The summed E-state index contributed by atoms with van der Waals surface area (Å²) in [6.45, 7) is 0. The fraction of sp³-hybridized carbons (Fsp3) is 0.188. The zero-order chi connectivity index (χ0) is 15.8. The highest BCUT2D eigenvalue weighted by Crippen LogP contribution is 2.27. The summed E-state index contributed by atoms with van der Waals surface area (Å²) < 4.78 is 1.66. The Hall–Kier alpha value is -2.60. The number of aromatic nitrogens is 3. The Kier molecular flexibility index (Phi) is 3.38. The lowest BCUT2D eigenvalue weighted by Crippen LogP contribution is -2.09. The van der Waals surface area contributed by atoms with Gasteiger partial charge < -0.3 is 10.6 Å². The van der Waals surface area contributed by atoms with Crippen molar-refractivity contribution < 1.29 is 4.79 Å². The number of carbonyl (C=O) groups excluding carboxylic acids is 1. The molecule has 0 amide bonds. The van der Waals surface area contributed by atoms with Crippen LogP contribution in [0.2, 0.25) is 5.02 Å². The number of rotatable bonds is 5. The van der Waals surface area contributed by atoms with Gasteiger partial charge >= 0.3 is 0 Å². The smallest absolute Gasteiger partial charge is 0.170 e. The fourth-order valence-electron chi connectivity index (χ4n) is 2.35. The summed E-state index contributed by atoms with van der Waals surface area (Å²) in [5.74, 6) is 1.47. The first kappa shape index (κ1) is 14.0. The van der Waals surface area contributed by atoms with Crippen LogP contribution in [-0.4, -0.2) is 26.9 Å². The van der Waals surface area contributed by atoms with Gasteiger partial charge in [0.25, 0.3) is 0 Å². The SMILES string of the molecule is O=Cc1cnn2c(NC3CC3)cc(Nc3ccc(Cl)cc3)nc12. The maximum Gasteiger partial charge on any atom is 0.170 e. The highest BCUT2D eigenvalue weighted by molar-refractivity contribution is 6.30. The molecule has 0 saturated heterocycles. The van der Waals surface area contributed by atoms with Gasteiger partial charge in [0, 0.05) is 22.8 Å². The van der Waals surface area contributed by atoms with Crippen LogP contribution in [0, 0.1) is 0 Å². The molecule has 1 aromatic carbocycles. The Morgan fingerprint density at radius 3 is 2.74 bits per heavy atom. The minimum atomic E-state index is 0.462. The van der Waals surface area contributed by atoms with Gasteiger partial charge in [0.05, 0.1) is 11.8 Å². The van der Waals surface area contributed by atoms with E-state index in [1.807, 2.05) is 18.2 Å². The van der Waals surface area contributed by atoms with Crippen LogP contribution in [0.25, 0.3) is 5.65 Å². The van der Waals surface area contributed by atoms with E-state index in [1.54, 1.807) is 16.6 Å². The monoisotopic (exact) mass is 327 g/mol. The van der Waals surface area contributed by atoms with E-state index in [2.05, 4.69) is 20.7 Å². The summed E-state index contributed by atoms with van der Waals surface area (Å²) in [5, 5.41) is 11.6. The molecule has 2 heterocycles. The Morgan fingerprint density at radius 2 is 2.04 bits per heavy atom. The molecule has 0 aliphatic heterocycles.